The maximum atomic E-state index is 11.7. The fourth-order valence-electron chi connectivity index (χ4n) is 1.62. The average molecular weight is 279 g/mol. The second-order valence-corrected chi connectivity index (χ2v) is 6.29. The maximum absolute atomic E-state index is 11.7. The Labute approximate surface area is 112 Å². The van der Waals surface area contributed by atoms with E-state index in [4.69, 9.17) is 0 Å². The number of carbonyl (C=O) groups is 2. The molecule has 0 N–H and O–H groups in total. The predicted molar refractivity (Wildman–Crippen MR) is 74.5 cm³/mol. The van der Waals surface area contributed by atoms with Crippen LogP contribution in [0.2, 0.25) is 0 Å². The first-order chi connectivity index (χ1) is 7.51. The van der Waals surface area contributed by atoms with Crippen molar-refractivity contribution in [2.45, 2.75) is 35.5 Å². The predicted octanol–water partition coefficient (Wildman–Crippen LogP) is 1.48. The summed E-state index contributed by atoms with van der Waals surface area (Å²) in [5.74, 6) is 0.520. The van der Waals surface area contributed by atoms with Gasteiger partial charge in [-0.15, -0.1) is 11.8 Å². The van der Waals surface area contributed by atoms with E-state index < -0.39 is 0 Å². The van der Waals surface area contributed by atoms with Gasteiger partial charge >= 0.3 is 0 Å². The van der Waals surface area contributed by atoms with Gasteiger partial charge in [-0.2, -0.15) is 25.3 Å². The fourth-order valence-corrected chi connectivity index (χ4v) is 3.84. The van der Waals surface area contributed by atoms with Crippen LogP contribution in [0.5, 0.6) is 0 Å². The molecular weight excluding hydrogens is 262 g/mol. The Morgan fingerprint density at radius 2 is 2.19 bits per heavy atom. The van der Waals surface area contributed by atoms with Gasteiger partial charge in [0, 0.05) is 29.7 Å². The lowest BCUT2D eigenvalue weighted by atomic mass is 10.2. The zero-order chi connectivity index (χ0) is 12.3. The largest absolute Gasteiger partial charge is 0.285 e. The number of hydrogen-bond acceptors (Lipinski definition) is 5. The summed E-state index contributed by atoms with van der Waals surface area (Å²) in [5, 5.41) is 0.207. The summed E-state index contributed by atoms with van der Waals surface area (Å²) in [4.78, 5) is 24.3. The summed E-state index contributed by atoms with van der Waals surface area (Å²) >= 11 is 10.2. The van der Waals surface area contributed by atoms with Crippen LogP contribution in [0.25, 0.3) is 0 Å². The van der Waals surface area contributed by atoms with Gasteiger partial charge in [-0.05, 0) is 6.42 Å². The van der Waals surface area contributed by atoms with E-state index in [1.165, 1.54) is 4.90 Å². The van der Waals surface area contributed by atoms with Crippen molar-refractivity contribution >= 4 is 48.8 Å². The highest BCUT2D eigenvalue weighted by atomic mass is 32.2. The zero-order valence-corrected chi connectivity index (χ0v) is 12.0. The zero-order valence-electron chi connectivity index (χ0n) is 9.42. The van der Waals surface area contributed by atoms with Crippen LogP contribution in [0.4, 0.5) is 0 Å². The number of thiol groups is 2. The molecule has 0 aromatic heterocycles. The number of hydrogen-bond donors (Lipinski definition) is 2. The third-order valence-corrected chi connectivity index (χ3v) is 5.83. The van der Waals surface area contributed by atoms with Gasteiger partial charge in [0.2, 0.25) is 11.8 Å². The van der Waals surface area contributed by atoms with Crippen molar-refractivity contribution in [1.82, 2.24) is 4.90 Å². The topological polar surface area (TPSA) is 37.4 Å². The van der Waals surface area contributed by atoms with E-state index in [9.17, 15) is 9.59 Å². The fraction of sp³-hybridized carbons (Fsp3) is 0.800. The first kappa shape index (κ1) is 14.3. The van der Waals surface area contributed by atoms with Crippen LogP contribution in [0.3, 0.4) is 0 Å². The Hall–Kier alpha value is 0.190. The van der Waals surface area contributed by atoms with Gasteiger partial charge in [-0.25, -0.2) is 0 Å². The smallest absolute Gasteiger partial charge is 0.242 e. The van der Waals surface area contributed by atoms with E-state index in [0.717, 1.165) is 6.42 Å². The second kappa shape index (κ2) is 6.21. The monoisotopic (exact) mass is 279 g/mol. The molecule has 0 radical (unpaired) electrons. The molecule has 1 fully saturated rings. The van der Waals surface area contributed by atoms with E-state index >= 15 is 0 Å². The number of thioether (sulfide) groups is 1. The van der Waals surface area contributed by atoms with Crippen molar-refractivity contribution in [3.05, 3.63) is 0 Å². The molecule has 6 heteroatoms. The molecule has 1 heterocycles. The molecule has 3 unspecified atom stereocenters. The van der Waals surface area contributed by atoms with Crippen LogP contribution in [0, 0.1) is 0 Å². The number of amides is 2. The van der Waals surface area contributed by atoms with Crippen molar-refractivity contribution in [2.24, 2.45) is 0 Å². The van der Waals surface area contributed by atoms with Gasteiger partial charge in [0.15, 0.2) is 0 Å². The number of likely N-dealkylation sites (tertiary alicyclic amines) is 1. The molecule has 1 saturated heterocycles. The molecule has 1 aliphatic rings. The lowest BCUT2D eigenvalue weighted by molar-refractivity contribution is -0.136. The Morgan fingerprint density at radius 3 is 2.56 bits per heavy atom. The van der Waals surface area contributed by atoms with Crippen LogP contribution < -0.4 is 0 Å². The van der Waals surface area contributed by atoms with Crippen molar-refractivity contribution in [2.75, 3.05) is 12.8 Å². The minimum atomic E-state index is -0.225. The molecule has 16 heavy (non-hydrogen) atoms. The summed E-state index contributed by atoms with van der Waals surface area (Å²) in [6.07, 6.45) is 1.25. The second-order valence-electron chi connectivity index (χ2n) is 3.82. The van der Waals surface area contributed by atoms with Crippen molar-refractivity contribution in [3.63, 3.8) is 0 Å². The maximum Gasteiger partial charge on any atom is 0.242 e. The van der Waals surface area contributed by atoms with E-state index in [1.807, 2.05) is 0 Å². The molecular formula is C10H17NO2S3. The van der Waals surface area contributed by atoms with Crippen molar-refractivity contribution < 1.29 is 9.59 Å². The molecule has 0 aliphatic carbocycles. The molecule has 2 amide bonds. The number of imide groups is 1. The van der Waals surface area contributed by atoms with E-state index in [-0.39, 0.29) is 27.6 Å². The number of rotatable bonds is 5. The Balaban J connectivity index is 2.60. The third kappa shape index (κ3) is 3.11. The van der Waals surface area contributed by atoms with Gasteiger partial charge in [-0.1, -0.05) is 6.92 Å². The first-order valence-corrected chi connectivity index (χ1v) is 7.35. The van der Waals surface area contributed by atoms with E-state index in [1.54, 1.807) is 18.8 Å². The number of nitrogens with zero attached hydrogens (tertiary/aromatic N) is 1. The van der Waals surface area contributed by atoms with Crippen LogP contribution in [-0.4, -0.2) is 45.3 Å². The standard InChI is InChI=1S/C10H17NO2S3/c1-3-7(6(15)5-14)16-8-4-9(12)11(2)10(8)13/h6-8,14-15H,3-5H2,1-2H3. The lowest BCUT2D eigenvalue weighted by Gasteiger charge is -2.22. The Bertz CT molecular complexity index is 285. The summed E-state index contributed by atoms with van der Waals surface area (Å²) in [6.45, 7) is 2.06. The molecule has 1 aliphatic heterocycles. The normalized spacial score (nSPS) is 25.0. The van der Waals surface area contributed by atoms with Crippen LogP contribution in [-0.2, 0) is 9.59 Å². The SMILES string of the molecule is CCC(SC1CC(=O)N(C)C1=O)C(S)CS. The van der Waals surface area contributed by atoms with Crippen molar-refractivity contribution in [1.29, 1.82) is 0 Å². The van der Waals surface area contributed by atoms with Gasteiger partial charge < -0.3 is 0 Å². The molecule has 92 valence electrons. The van der Waals surface area contributed by atoms with Gasteiger partial charge in [-0.3, -0.25) is 14.5 Å². The molecule has 1 rings (SSSR count). The van der Waals surface area contributed by atoms with Gasteiger partial charge in [0.25, 0.3) is 0 Å². The minimum absolute atomic E-state index is 0.0758. The lowest BCUT2D eigenvalue weighted by Crippen LogP contribution is -2.29. The average Bonchev–Trinajstić information content (AvgIpc) is 2.52. The van der Waals surface area contributed by atoms with E-state index in [2.05, 4.69) is 32.2 Å². The first-order valence-electron chi connectivity index (χ1n) is 5.26. The Morgan fingerprint density at radius 1 is 1.56 bits per heavy atom. The summed E-state index contributed by atoms with van der Waals surface area (Å²) in [7, 11) is 1.54. The highest BCUT2D eigenvalue weighted by Gasteiger charge is 2.38. The molecule has 0 bridgehead atoms. The highest BCUT2D eigenvalue weighted by Crippen LogP contribution is 2.32. The molecule has 3 atom stereocenters. The molecule has 0 saturated carbocycles. The summed E-state index contributed by atoms with van der Waals surface area (Å²) in [5.41, 5.74) is 0. The van der Waals surface area contributed by atoms with Crippen LogP contribution in [0.1, 0.15) is 19.8 Å². The molecule has 0 aromatic rings. The number of carbonyl (C=O) groups excluding carboxylic acids is 2. The van der Waals surface area contributed by atoms with Gasteiger partial charge in [0.1, 0.15) is 0 Å². The summed E-state index contributed by atoms with van der Waals surface area (Å²) < 4.78 is 0. The molecule has 0 aromatic carbocycles. The minimum Gasteiger partial charge on any atom is -0.285 e. The van der Waals surface area contributed by atoms with E-state index in [0.29, 0.717) is 12.2 Å². The highest BCUT2D eigenvalue weighted by molar-refractivity contribution is 8.02. The third-order valence-electron chi connectivity index (χ3n) is 2.70. The molecule has 3 nitrogen and oxygen atoms in total. The van der Waals surface area contributed by atoms with Crippen LogP contribution in [0.15, 0.2) is 0 Å². The quantitative estimate of drug-likeness (QED) is 0.591. The molecule has 0 spiro atoms. The Kier molecular flexibility index (Phi) is 5.53. The summed E-state index contributed by atoms with van der Waals surface area (Å²) in [6, 6.07) is 0. The van der Waals surface area contributed by atoms with Crippen LogP contribution >= 0.6 is 37.0 Å². The van der Waals surface area contributed by atoms with Crippen molar-refractivity contribution in [3.8, 4) is 0 Å². The van der Waals surface area contributed by atoms with Gasteiger partial charge in [0.05, 0.1) is 5.25 Å².